The summed E-state index contributed by atoms with van der Waals surface area (Å²) in [7, 11) is 0. The van der Waals surface area contributed by atoms with Crippen molar-refractivity contribution < 1.29 is 14.3 Å². The molecule has 0 aromatic carbocycles. The minimum Gasteiger partial charge on any atom is -0.378 e. The molecule has 2 aromatic rings. The summed E-state index contributed by atoms with van der Waals surface area (Å²) in [6.07, 6.45) is 1.81. The number of fused-ring (bicyclic) bond motifs is 1. The first-order valence-electron chi connectivity index (χ1n) is 9.65. The zero-order valence-corrected chi connectivity index (χ0v) is 17.5. The summed E-state index contributed by atoms with van der Waals surface area (Å²) < 4.78 is 12.4. The van der Waals surface area contributed by atoms with Crippen molar-refractivity contribution in [1.82, 2.24) is 25.1 Å². The van der Waals surface area contributed by atoms with Gasteiger partial charge in [0.15, 0.2) is 10.8 Å². The molecule has 1 saturated heterocycles. The van der Waals surface area contributed by atoms with Crippen LogP contribution in [-0.2, 0) is 20.8 Å². The van der Waals surface area contributed by atoms with Crippen LogP contribution in [0.4, 0.5) is 5.82 Å². The van der Waals surface area contributed by atoms with E-state index in [4.69, 9.17) is 19.4 Å². The Hall–Kier alpha value is -1.91. The summed E-state index contributed by atoms with van der Waals surface area (Å²) in [5.41, 5.74) is 0.790. The van der Waals surface area contributed by atoms with Gasteiger partial charge < -0.3 is 19.7 Å². The van der Waals surface area contributed by atoms with Crippen LogP contribution in [0.5, 0.6) is 0 Å². The first kappa shape index (κ1) is 20.8. The molecule has 0 saturated carbocycles. The van der Waals surface area contributed by atoms with Crippen LogP contribution in [0.15, 0.2) is 11.4 Å². The predicted octanol–water partition coefficient (Wildman–Crippen LogP) is 1.32. The molecule has 3 rings (SSSR count). The maximum Gasteiger partial charge on any atom is 0.246 e. The number of hydrogen-bond donors (Lipinski definition) is 1. The number of nitrogens with zero attached hydrogens (tertiary/aromatic N) is 5. The predicted molar refractivity (Wildman–Crippen MR) is 109 cm³/mol. The van der Waals surface area contributed by atoms with E-state index in [1.54, 1.807) is 11.8 Å². The molecule has 1 amide bonds. The third-order valence-corrected chi connectivity index (χ3v) is 5.06. The third-order valence-electron chi connectivity index (χ3n) is 4.19. The molecule has 9 nitrogen and oxygen atoms in total. The number of carbonyl (C=O) groups is 1. The van der Waals surface area contributed by atoms with Crippen molar-refractivity contribution in [2.45, 2.75) is 37.7 Å². The SMILES string of the molecule is CCOCC(=O)NCCn1ncc2c(N3CCOCC3)nc(SC(C)C)nc21. The second-order valence-electron chi connectivity index (χ2n) is 6.69. The normalized spacial score (nSPS) is 14.8. The average Bonchev–Trinajstić information content (AvgIpc) is 3.09. The van der Waals surface area contributed by atoms with E-state index in [1.807, 2.05) is 17.8 Å². The molecule has 1 aliphatic heterocycles. The monoisotopic (exact) mass is 408 g/mol. The lowest BCUT2D eigenvalue weighted by molar-refractivity contribution is -0.125. The van der Waals surface area contributed by atoms with Crippen LogP contribution in [0.1, 0.15) is 20.8 Å². The highest BCUT2D eigenvalue weighted by Gasteiger charge is 2.20. The highest BCUT2D eigenvalue weighted by atomic mass is 32.2. The summed E-state index contributed by atoms with van der Waals surface area (Å²) in [5.74, 6) is 0.779. The summed E-state index contributed by atoms with van der Waals surface area (Å²) in [6, 6.07) is 0. The topological polar surface area (TPSA) is 94.4 Å². The Kier molecular flexibility index (Phi) is 7.46. The largest absolute Gasteiger partial charge is 0.378 e. The molecule has 154 valence electrons. The molecular weight excluding hydrogens is 380 g/mol. The van der Waals surface area contributed by atoms with Crippen molar-refractivity contribution in [3.8, 4) is 0 Å². The number of thioether (sulfide) groups is 1. The van der Waals surface area contributed by atoms with Crippen LogP contribution >= 0.6 is 11.8 Å². The molecule has 1 aliphatic rings. The number of anilines is 1. The van der Waals surface area contributed by atoms with E-state index in [1.165, 1.54) is 0 Å². The van der Waals surface area contributed by atoms with Gasteiger partial charge in [-0.25, -0.2) is 14.6 Å². The maximum atomic E-state index is 11.7. The van der Waals surface area contributed by atoms with Crippen molar-refractivity contribution >= 4 is 34.5 Å². The van der Waals surface area contributed by atoms with E-state index < -0.39 is 0 Å². The van der Waals surface area contributed by atoms with Crippen molar-refractivity contribution in [1.29, 1.82) is 0 Å². The first-order chi connectivity index (χ1) is 13.6. The minimum absolute atomic E-state index is 0.0783. The van der Waals surface area contributed by atoms with Gasteiger partial charge in [-0.05, 0) is 6.92 Å². The number of amides is 1. The van der Waals surface area contributed by atoms with Gasteiger partial charge in [-0.15, -0.1) is 0 Å². The van der Waals surface area contributed by atoms with Crippen LogP contribution < -0.4 is 10.2 Å². The number of nitrogens with one attached hydrogen (secondary N) is 1. The molecule has 0 radical (unpaired) electrons. The van der Waals surface area contributed by atoms with E-state index in [-0.39, 0.29) is 12.5 Å². The highest BCUT2D eigenvalue weighted by molar-refractivity contribution is 7.99. The molecule has 2 aromatic heterocycles. The molecule has 0 unspecified atom stereocenters. The molecular formula is C18H28N6O3S. The Balaban J connectivity index is 1.80. The van der Waals surface area contributed by atoms with Gasteiger partial charge in [-0.2, -0.15) is 5.10 Å². The van der Waals surface area contributed by atoms with E-state index in [0.717, 1.165) is 35.1 Å². The van der Waals surface area contributed by atoms with Gasteiger partial charge in [0.2, 0.25) is 5.91 Å². The van der Waals surface area contributed by atoms with E-state index in [9.17, 15) is 4.79 Å². The Labute approximate surface area is 169 Å². The summed E-state index contributed by atoms with van der Waals surface area (Å²) in [5, 5.41) is 9.39. The van der Waals surface area contributed by atoms with Gasteiger partial charge in [0.1, 0.15) is 12.4 Å². The molecule has 3 heterocycles. The highest BCUT2D eigenvalue weighted by Crippen LogP contribution is 2.29. The van der Waals surface area contributed by atoms with Crippen LogP contribution in [0.3, 0.4) is 0 Å². The Morgan fingerprint density at radius 1 is 1.36 bits per heavy atom. The summed E-state index contributed by atoms with van der Waals surface area (Å²) >= 11 is 1.63. The smallest absolute Gasteiger partial charge is 0.246 e. The van der Waals surface area contributed by atoms with Crippen LogP contribution in [0, 0.1) is 0 Å². The minimum atomic E-state index is -0.127. The second-order valence-corrected chi connectivity index (χ2v) is 8.23. The molecule has 1 N–H and O–H groups in total. The standard InChI is InChI=1S/C18H28N6O3S/c1-4-26-12-15(25)19-5-6-24-17-14(11-20-24)16(23-7-9-27-10-8-23)21-18(22-17)28-13(2)3/h11,13H,4-10,12H2,1-3H3,(H,19,25). The van der Waals surface area contributed by atoms with Gasteiger partial charge in [-0.1, -0.05) is 25.6 Å². The van der Waals surface area contributed by atoms with Gasteiger partial charge >= 0.3 is 0 Å². The average molecular weight is 409 g/mol. The molecule has 1 fully saturated rings. The zero-order valence-electron chi connectivity index (χ0n) is 16.7. The van der Waals surface area contributed by atoms with Gasteiger partial charge in [0.05, 0.1) is 31.3 Å². The third kappa shape index (κ3) is 5.33. The fraction of sp³-hybridized carbons (Fsp3) is 0.667. The van der Waals surface area contributed by atoms with Crippen LogP contribution in [0.25, 0.3) is 11.0 Å². The quantitative estimate of drug-likeness (QED) is 0.490. The van der Waals surface area contributed by atoms with E-state index in [0.29, 0.717) is 38.2 Å². The van der Waals surface area contributed by atoms with Gasteiger partial charge in [-0.3, -0.25) is 4.79 Å². The molecule has 28 heavy (non-hydrogen) atoms. The second kappa shape index (κ2) is 10.0. The summed E-state index contributed by atoms with van der Waals surface area (Å²) in [6.45, 7) is 10.7. The Morgan fingerprint density at radius 2 is 2.14 bits per heavy atom. The number of carbonyl (C=O) groups excluding carboxylic acids is 1. The van der Waals surface area contributed by atoms with E-state index in [2.05, 4.69) is 29.2 Å². The molecule has 0 spiro atoms. The zero-order chi connectivity index (χ0) is 19.9. The van der Waals surface area contributed by atoms with Crippen molar-refractivity contribution in [2.24, 2.45) is 0 Å². The number of aromatic nitrogens is 4. The fourth-order valence-electron chi connectivity index (χ4n) is 2.91. The molecule has 10 heteroatoms. The van der Waals surface area contributed by atoms with Crippen molar-refractivity contribution in [3.05, 3.63) is 6.20 Å². The lowest BCUT2D eigenvalue weighted by atomic mass is 10.3. The van der Waals surface area contributed by atoms with Crippen LogP contribution in [0.2, 0.25) is 0 Å². The van der Waals surface area contributed by atoms with Crippen molar-refractivity contribution in [2.75, 3.05) is 51.0 Å². The van der Waals surface area contributed by atoms with Crippen molar-refractivity contribution in [3.63, 3.8) is 0 Å². The Bertz CT molecular complexity index is 791. The van der Waals surface area contributed by atoms with Crippen LogP contribution in [-0.4, -0.2) is 77.0 Å². The van der Waals surface area contributed by atoms with E-state index >= 15 is 0 Å². The summed E-state index contributed by atoms with van der Waals surface area (Å²) in [4.78, 5) is 23.5. The molecule has 0 bridgehead atoms. The lowest BCUT2D eigenvalue weighted by Gasteiger charge is -2.28. The fourth-order valence-corrected chi connectivity index (χ4v) is 3.61. The lowest BCUT2D eigenvalue weighted by Crippen LogP contribution is -2.37. The number of hydrogen-bond acceptors (Lipinski definition) is 8. The Morgan fingerprint density at radius 3 is 2.86 bits per heavy atom. The molecule has 0 aliphatic carbocycles. The maximum absolute atomic E-state index is 11.7. The van der Waals surface area contributed by atoms with Gasteiger partial charge in [0, 0.05) is 31.5 Å². The number of morpholine rings is 1. The number of rotatable bonds is 9. The van der Waals surface area contributed by atoms with Gasteiger partial charge in [0.25, 0.3) is 0 Å². The number of ether oxygens (including phenoxy) is 2. The first-order valence-corrected chi connectivity index (χ1v) is 10.5. The molecule has 0 atom stereocenters.